The molecule has 2 fully saturated rings. The first-order valence-electron chi connectivity index (χ1n) is 10.4. The van der Waals surface area contributed by atoms with Crippen LogP contribution in [0, 0.1) is 6.92 Å². The van der Waals surface area contributed by atoms with Crippen LogP contribution in [0.15, 0.2) is 15.8 Å². The summed E-state index contributed by atoms with van der Waals surface area (Å²) >= 11 is 0. The zero-order chi connectivity index (χ0) is 23.0. The fraction of sp³-hybridized carbons (Fsp3) is 0.700. The summed E-state index contributed by atoms with van der Waals surface area (Å²) in [6.45, 7) is 4.09. The molecule has 0 radical (unpaired) electrons. The van der Waals surface area contributed by atoms with Crippen molar-refractivity contribution in [3.63, 3.8) is 0 Å². The lowest BCUT2D eigenvalue weighted by Crippen LogP contribution is -2.60. The zero-order valence-electron chi connectivity index (χ0n) is 17.8. The molecule has 172 valence electrons. The smallest absolute Gasteiger partial charge is 0.328 e. The number of nitrogens with zero attached hydrogens (tertiary/aromatic N) is 2. The number of carboxylic acid groups (broad SMARTS) is 1. The van der Waals surface area contributed by atoms with E-state index in [0.717, 1.165) is 0 Å². The fourth-order valence-corrected chi connectivity index (χ4v) is 4.55. The number of aromatic amines is 1. The highest BCUT2D eigenvalue weighted by molar-refractivity contribution is 5.82. The summed E-state index contributed by atoms with van der Waals surface area (Å²) in [5.41, 5.74) is 3.24. The fourth-order valence-electron chi connectivity index (χ4n) is 4.55. The maximum absolute atomic E-state index is 12.5. The van der Waals surface area contributed by atoms with E-state index < -0.39 is 40.5 Å². The number of aryl methyl sites for hydroxylation is 1. The average Bonchev–Trinajstić information content (AvgIpc) is 2.69. The number of carboxylic acids is 1. The maximum atomic E-state index is 12.5. The van der Waals surface area contributed by atoms with Crippen LogP contribution in [0.5, 0.6) is 0 Å². The van der Waals surface area contributed by atoms with Crippen molar-refractivity contribution in [1.29, 1.82) is 0 Å². The molecule has 2 aliphatic heterocycles. The Morgan fingerprint density at radius 1 is 1.35 bits per heavy atom. The zero-order valence-corrected chi connectivity index (χ0v) is 17.8. The predicted octanol–water partition coefficient (Wildman–Crippen LogP) is -0.889. The van der Waals surface area contributed by atoms with Gasteiger partial charge in [-0.3, -0.25) is 23.9 Å². The Bertz CT molecular complexity index is 959. The molecule has 0 aliphatic carbocycles. The first kappa shape index (κ1) is 23.2. The van der Waals surface area contributed by atoms with Gasteiger partial charge in [-0.15, -0.1) is 0 Å². The van der Waals surface area contributed by atoms with Crippen LogP contribution < -0.4 is 17.0 Å². The van der Waals surface area contributed by atoms with E-state index in [2.05, 4.69) is 4.98 Å². The van der Waals surface area contributed by atoms with Gasteiger partial charge in [-0.2, -0.15) is 0 Å². The van der Waals surface area contributed by atoms with Crippen molar-refractivity contribution in [2.75, 3.05) is 19.7 Å². The lowest BCUT2D eigenvalue weighted by atomic mass is 9.75. The minimum Gasteiger partial charge on any atom is -0.481 e. The van der Waals surface area contributed by atoms with Crippen LogP contribution in [0.3, 0.4) is 0 Å². The summed E-state index contributed by atoms with van der Waals surface area (Å²) in [5.74, 6) is -1.28. The molecule has 1 aromatic rings. The van der Waals surface area contributed by atoms with E-state index in [0.29, 0.717) is 31.5 Å². The van der Waals surface area contributed by atoms with E-state index in [9.17, 15) is 24.3 Å². The summed E-state index contributed by atoms with van der Waals surface area (Å²) in [6, 6.07) is -1.52. The van der Waals surface area contributed by atoms with Crippen molar-refractivity contribution in [3.8, 4) is 0 Å². The number of likely N-dealkylation sites (tertiary alicyclic amines) is 1. The van der Waals surface area contributed by atoms with E-state index in [4.69, 9.17) is 15.6 Å². The Labute approximate surface area is 178 Å². The number of hydrogen-bond donors (Lipinski definition) is 4. The Morgan fingerprint density at radius 3 is 2.58 bits per heavy atom. The molecule has 0 aromatic carbocycles. The molecule has 1 spiro atoms. The molecule has 1 amide bonds. The van der Waals surface area contributed by atoms with Gasteiger partial charge in [-0.25, -0.2) is 4.79 Å². The second kappa shape index (κ2) is 8.56. The van der Waals surface area contributed by atoms with Crippen LogP contribution in [0.1, 0.15) is 50.6 Å². The highest BCUT2D eigenvalue weighted by atomic mass is 16.5. The van der Waals surface area contributed by atoms with Crippen molar-refractivity contribution in [3.05, 3.63) is 32.6 Å². The molecule has 2 saturated heterocycles. The minimum atomic E-state index is -1.27. The third-order valence-corrected chi connectivity index (χ3v) is 6.40. The van der Waals surface area contributed by atoms with Gasteiger partial charge in [0.2, 0.25) is 5.91 Å². The van der Waals surface area contributed by atoms with Crippen molar-refractivity contribution < 1.29 is 24.5 Å². The Balaban J connectivity index is 1.66. The normalized spacial score (nSPS) is 26.6. The SMILES string of the molecule is Cc1cn([C@H]2COC3(CCN(C(=O)[C@@H](N)CCC(=O)O)CC3)C[C@]2(C)O)c(=O)[nH]c1=O. The number of aliphatic carboxylic acids is 1. The molecule has 11 heteroatoms. The van der Waals surface area contributed by atoms with Crippen LogP contribution in [-0.4, -0.2) is 73.5 Å². The number of amides is 1. The van der Waals surface area contributed by atoms with E-state index in [1.54, 1.807) is 18.7 Å². The molecular weight excluding hydrogens is 408 g/mol. The Hall–Kier alpha value is -2.50. The van der Waals surface area contributed by atoms with Gasteiger partial charge < -0.3 is 25.6 Å². The molecule has 0 bridgehead atoms. The lowest BCUT2D eigenvalue weighted by Gasteiger charge is -2.51. The van der Waals surface area contributed by atoms with Crippen molar-refractivity contribution in [2.45, 2.75) is 69.2 Å². The summed E-state index contributed by atoms with van der Waals surface area (Å²) in [7, 11) is 0. The number of nitrogens with one attached hydrogen (secondary N) is 1. The van der Waals surface area contributed by atoms with Gasteiger partial charge in [0, 0.05) is 37.7 Å². The van der Waals surface area contributed by atoms with Gasteiger partial charge in [0.05, 0.1) is 29.9 Å². The van der Waals surface area contributed by atoms with Gasteiger partial charge in [-0.1, -0.05) is 0 Å². The highest BCUT2D eigenvalue weighted by Crippen LogP contribution is 2.43. The van der Waals surface area contributed by atoms with Crippen LogP contribution in [0.4, 0.5) is 0 Å². The standard InChI is InChI=1S/C20H30N4O7/c1-12-9-24(18(29)22-16(12)27)14-10-31-20(11-19(14,2)30)5-7-23(8-6-20)17(28)13(21)3-4-15(25)26/h9,13-14,30H,3-8,10-11,21H2,1-2H3,(H,25,26)(H,22,27,29)/t13-,14-,19-/m0/s1. The highest BCUT2D eigenvalue weighted by Gasteiger charge is 2.50. The summed E-state index contributed by atoms with van der Waals surface area (Å²) in [6.07, 6.45) is 2.60. The molecule has 1 aromatic heterocycles. The quantitative estimate of drug-likeness (QED) is 0.459. The number of carbonyl (C=O) groups excluding carboxylic acids is 1. The van der Waals surface area contributed by atoms with Crippen molar-refractivity contribution >= 4 is 11.9 Å². The third-order valence-electron chi connectivity index (χ3n) is 6.40. The van der Waals surface area contributed by atoms with Crippen LogP contribution >= 0.6 is 0 Å². The first-order valence-corrected chi connectivity index (χ1v) is 10.4. The predicted molar refractivity (Wildman–Crippen MR) is 110 cm³/mol. The molecule has 3 heterocycles. The topological polar surface area (TPSA) is 168 Å². The largest absolute Gasteiger partial charge is 0.481 e. The third kappa shape index (κ3) is 4.89. The molecule has 3 atom stereocenters. The number of piperidine rings is 1. The summed E-state index contributed by atoms with van der Waals surface area (Å²) < 4.78 is 7.45. The van der Waals surface area contributed by atoms with Crippen LogP contribution in [0.2, 0.25) is 0 Å². The van der Waals surface area contributed by atoms with Gasteiger partial charge in [0.25, 0.3) is 5.56 Å². The number of rotatable bonds is 5. The van der Waals surface area contributed by atoms with Gasteiger partial charge in [0.15, 0.2) is 0 Å². The molecule has 11 nitrogen and oxygen atoms in total. The van der Waals surface area contributed by atoms with Crippen molar-refractivity contribution in [1.82, 2.24) is 14.5 Å². The van der Waals surface area contributed by atoms with Crippen LogP contribution in [-0.2, 0) is 14.3 Å². The van der Waals surface area contributed by atoms with Crippen LogP contribution in [0.25, 0.3) is 0 Å². The van der Waals surface area contributed by atoms with Gasteiger partial charge in [-0.05, 0) is 33.1 Å². The van der Waals surface area contributed by atoms with E-state index in [1.165, 1.54) is 10.8 Å². The number of aliphatic hydroxyl groups is 1. The molecule has 31 heavy (non-hydrogen) atoms. The second-order valence-electron chi connectivity index (χ2n) is 8.89. The number of ether oxygens (including phenoxy) is 1. The Kier molecular flexibility index (Phi) is 6.40. The number of H-pyrrole nitrogens is 1. The van der Waals surface area contributed by atoms with Gasteiger partial charge in [0.1, 0.15) is 0 Å². The first-order chi connectivity index (χ1) is 14.4. The average molecular weight is 438 g/mol. The summed E-state index contributed by atoms with van der Waals surface area (Å²) in [4.78, 5) is 51.0. The molecule has 0 saturated carbocycles. The number of hydrogen-bond acceptors (Lipinski definition) is 7. The second-order valence-corrected chi connectivity index (χ2v) is 8.89. The number of aromatic nitrogens is 2. The lowest BCUT2D eigenvalue weighted by molar-refractivity contribution is -0.198. The summed E-state index contributed by atoms with van der Waals surface area (Å²) in [5, 5.41) is 19.9. The molecule has 3 rings (SSSR count). The van der Waals surface area contributed by atoms with E-state index in [-0.39, 0.29) is 31.8 Å². The molecule has 5 N–H and O–H groups in total. The molecule has 2 aliphatic rings. The van der Waals surface area contributed by atoms with Crippen molar-refractivity contribution in [2.24, 2.45) is 5.73 Å². The minimum absolute atomic E-state index is 0.0794. The number of nitrogens with two attached hydrogens (primary N) is 1. The van der Waals surface area contributed by atoms with E-state index >= 15 is 0 Å². The molecule has 0 unspecified atom stereocenters. The maximum Gasteiger partial charge on any atom is 0.328 e. The van der Waals surface area contributed by atoms with E-state index in [1.807, 2.05) is 0 Å². The monoisotopic (exact) mass is 438 g/mol. The van der Waals surface area contributed by atoms with Gasteiger partial charge >= 0.3 is 11.7 Å². The molecular formula is C20H30N4O7. The Morgan fingerprint density at radius 2 is 2.00 bits per heavy atom. The number of carbonyl (C=O) groups is 2.